The molecule has 4 atom stereocenters. The summed E-state index contributed by atoms with van der Waals surface area (Å²) in [5.74, 6) is -3.85. The summed E-state index contributed by atoms with van der Waals surface area (Å²) in [6.07, 6.45) is 1.87. The maximum atomic E-state index is 12.8. The molecule has 0 aliphatic carbocycles. The van der Waals surface area contributed by atoms with Crippen LogP contribution in [-0.4, -0.2) is 71.2 Å². The van der Waals surface area contributed by atoms with Gasteiger partial charge in [-0.15, -0.1) is 0 Å². The Hall–Kier alpha value is -2.24. The smallest absolute Gasteiger partial charge is 0.328 e. The first-order valence-electron chi connectivity index (χ1n) is 10.2. The van der Waals surface area contributed by atoms with Crippen LogP contribution in [0.1, 0.15) is 47.0 Å². The molecule has 9 N–H and O–H groups in total. The number of carboxylic acids is 1. The molecule has 0 aromatic carbocycles. The van der Waals surface area contributed by atoms with Crippen LogP contribution in [0.3, 0.4) is 0 Å². The molecule has 0 saturated carbocycles. The molecule has 174 valence electrons. The Bertz CT molecular complexity index is 584. The summed E-state index contributed by atoms with van der Waals surface area (Å²) in [6, 6.07) is -4.25. The average molecular weight is 432 g/mol. The number of aliphatic hydroxyl groups is 1. The molecule has 0 aromatic heterocycles. The highest BCUT2D eigenvalue weighted by Crippen LogP contribution is 2.08. The molecular formula is C19H37N5O6. The fourth-order valence-corrected chi connectivity index (χ4v) is 2.66. The summed E-state index contributed by atoms with van der Waals surface area (Å²) in [6.45, 7) is 6.54. The molecule has 0 fully saturated rings. The van der Waals surface area contributed by atoms with Gasteiger partial charge >= 0.3 is 5.97 Å². The Morgan fingerprint density at radius 3 is 1.70 bits per heavy atom. The fraction of sp³-hybridized carbons (Fsp3) is 0.789. The third-order valence-corrected chi connectivity index (χ3v) is 4.60. The van der Waals surface area contributed by atoms with Gasteiger partial charge in [-0.25, -0.2) is 4.79 Å². The first-order chi connectivity index (χ1) is 14.0. The third-order valence-electron chi connectivity index (χ3n) is 4.60. The molecule has 0 spiro atoms. The summed E-state index contributed by atoms with van der Waals surface area (Å²) in [5, 5.41) is 25.4. The molecule has 0 radical (unpaired) electrons. The van der Waals surface area contributed by atoms with E-state index >= 15 is 0 Å². The van der Waals surface area contributed by atoms with Crippen LogP contribution in [0.4, 0.5) is 0 Å². The molecule has 0 aliphatic rings. The number of amides is 3. The van der Waals surface area contributed by atoms with Crippen molar-refractivity contribution in [2.45, 2.75) is 71.1 Å². The molecule has 11 heteroatoms. The highest BCUT2D eigenvalue weighted by Gasteiger charge is 2.32. The van der Waals surface area contributed by atoms with Gasteiger partial charge in [-0.1, -0.05) is 34.1 Å². The number of carbonyl (C=O) groups excluding carboxylic acids is 3. The normalized spacial score (nSPS) is 15.2. The van der Waals surface area contributed by atoms with E-state index in [-0.39, 0.29) is 11.8 Å². The number of hydrogen-bond acceptors (Lipinski definition) is 7. The minimum Gasteiger partial charge on any atom is -0.480 e. The summed E-state index contributed by atoms with van der Waals surface area (Å²) in [5.41, 5.74) is 11.3. The number of nitrogens with two attached hydrogens (primary N) is 2. The van der Waals surface area contributed by atoms with Crippen LogP contribution in [0.2, 0.25) is 0 Å². The quantitative estimate of drug-likeness (QED) is 0.158. The van der Waals surface area contributed by atoms with Crippen molar-refractivity contribution in [1.29, 1.82) is 0 Å². The van der Waals surface area contributed by atoms with Crippen LogP contribution in [0, 0.1) is 11.8 Å². The number of aliphatic hydroxyl groups excluding tert-OH is 1. The lowest BCUT2D eigenvalue weighted by Gasteiger charge is -2.28. The molecule has 3 amide bonds. The van der Waals surface area contributed by atoms with Crippen molar-refractivity contribution < 1.29 is 29.4 Å². The Balaban J connectivity index is 5.16. The van der Waals surface area contributed by atoms with Crippen molar-refractivity contribution >= 4 is 23.7 Å². The van der Waals surface area contributed by atoms with Gasteiger partial charge in [0.25, 0.3) is 0 Å². The van der Waals surface area contributed by atoms with Gasteiger partial charge in [-0.3, -0.25) is 14.4 Å². The van der Waals surface area contributed by atoms with E-state index < -0.39 is 54.5 Å². The maximum absolute atomic E-state index is 12.8. The Labute approximate surface area is 177 Å². The van der Waals surface area contributed by atoms with Crippen molar-refractivity contribution in [1.82, 2.24) is 16.0 Å². The molecule has 0 heterocycles. The second-order valence-corrected chi connectivity index (χ2v) is 7.93. The molecule has 11 nitrogen and oxygen atoms in total. The van der Waals surface area contributed by atoms with E-state index in [4.69, 9.17) is 21.7 Å². The van der Waals surface area contributed by atoms with Gasteiger partial charge in [-0.05, 0) is 31.2 Å². The number of nitrogens with one attached hydrogen (secondary N) is 3. The molecule has 0 rings (SSSR count). The average Bonchev–Trinajstić information content (AvgIpc) is 2.66. The summed E-state index contributed by atoms with van der Waals surface area (Å²) < 4.78 is 0. The van der Waals surface area contributed by atoms with Crippen LogP contribution < -0.4 is 27.4 Å². The highest BCUT2D eigenvalue weighted by molar-refractivity contribution is 5.94. The predicted octanol–water partition coefficient (Wildman–Crippen LogP) is -1.71. The van der Waals surface area contributed by atoms with Crippen molar-refractivity contribution in [2.75, 3.05) is 13.2 Å². The monoisotopic (exact) mass is 431 g/mol. The Kier molecular flexibility index (Phi) is 12.8. The summed E-state index contributed by atoms with van der Waals surface area (Å²) in [4.78, 5) is 48.6. The van der Waals surface area contributed by atoms with E-state index in [0.29, 0.717) is 19.4 Å². The van der Waals surface area contributed by atoms with Crippen LogP contribution in [0.5, 0.6) is 0 Å². The minimum absolute atomic E-state index is 0.287. The largest absolute Gasteiger partial charge is 0.480 e. The SMILES string of the molecule is CC(C)C(NC(=O)C(N)CCCCN)C(=O)NC(C(=O)NC(CO)C(=O)O)C(C)C. The molecule has 30 heavy (non-hydrogen) atoms. The fourth-order valence-electron chi connectivity index (χ4n) is 2.66. The van der Waals surface area contributed by atoms with E-state index in [1.54, 1.807) is 27.7 Å². The zero-order chi connectivity index (χ0) is 23.4. The van der Waals surface area contributed by atoms with Crippen LogP contribution >= 0.6 is 0 Å². The van der Waals surface area contributed by atoms with Gasteiger partial charge in [0.05, 0.1) is 12.6 Å². The van der Waals surface area contributed by atoms with Gasteiger partial charge in [-0.2, -0.15) is 0 Å². The zero-order valence-electron chi connectivity index (χ0n) is 18.2. The lowest BCUT2D eigenvalue weighted by Crippen LogP contribution is -2.59. The van der Waals surface area contributed by atoms with E-state index in [9.17, 15) is 19.2 Å². The lowest BCUT2D eigenvalue weighted by molar-refractivity contribution is -0.143. The number of rotatable bonds is 14. The van der Waals surface area contributed by atoms with Gasteiger partial charge in [0.1, 0.15) is 18.1 Å². The lowest BCUT2D eigenvalue weighted by atomic mass is 9.99. The first-order valence-corrected chi connectivity index (χ1v) is 10.2. The third kappa shape index (κ3) is 9.51. The van der Waals surface area contributed by atoms with Gasteiger partial charge < -0.3 is 37.6 Å². The minimum atomic E-state index is -1.48. The molecule has 0 aliphatic heterocycles. The molecule has 0 bridgehead atoms. The van der Waals surface area contributed by atoms with Crippen molar-refractivity contribution in [3.63, 3.8) is 0 Å². The van der Waals surface area contributed by atoms with Gasteiger partial charge in [0, 0.05) is 0 Å². The van der Waals surface area contributed by atoms with Crippen molar-refractivity contribution in [2.24, 2.45) is 23.3 Å². The number of carboxylic acid groups (broad SMARTS) is 1. The van der Waals surface area contributed by atoms with E-state index in [2.05, 4.69) is 16.0 Å². The van der Waals surface area contributed by atoms with Crippen LogP contribution in [-0.2, 0) is 19.2 Å². The molecular weight excluding hydrogens is 394 g/mol. The second-order valence-electron chi connectivity index (χ2n) is 7.93. The number of unbranched alkanes of at least 4 members (excludes halogenated alkanes) is 1. The summed E-state index contributed by atoms with van der Waals surface area (Å²) >= 11 is 0. The van der Waals surface area contributed by atoms with Crippen molar-refractivity contribution in [3.05, 3.63) is 0 Å². The molecule has 4 unspecified atom stereocenters. The molecule has 0 saturated heterocycles. The van der Waals surface area contributed by atoms with Crippen LogP contribution in [0.25, 0.3) is 0 Å². The summed E-state index contributed by atoms with van der Waals surface area (Å²) in [7, 11) is 0. The zero-order valence-corrected chi connectivity index (χ0v) is 18.2. The van der Waals surface area contributed by atoms with Crippen LogP contribution in [0.15, 0.2) is 0 Å². The number of aliphatic carboxylic acids is 1. The van der Waals surface area contributed by atoms with Crippen molar-refractivity contribution in [3.8, 4) is 0 Å². The van der Waals surface area contributed by atoms with E-state index in [1.807, 2.05) is 0 Å². The molecule has 0 aromatic rings. The Morgan fingerprint density at radius 1 is 0.833 bits per heavy atom. The number of hydrogen-bond donors (Lipinski definition) is 7. The topological polar surface area (TPSA) is 197 Å². The first kappa shape index (κ1) is 27.8. The van der Waals surface area contributed by atoms with E-state index in [0.717, 1.165) is 6.42 Å². The number of carbonyl (C=O) groups is 4. The van der Waals surface area contributed by atoms with Gasteiger partial charge in [0.2, 0.25) is 17.7 Å². The predicted molar refractivity (Wildman–Crippen MR) is 111 cm³/mol. The Morgan fingerprint density at radius 2 is 1.30 bits per heavy atom. The van der Waals surface area contributed by atoms with Gasteiger partial charge in [0.15, 0.2) is 0 Å². The van der Waals surface area contributed by atoms with E-state index in [1.165, 1.54) is 0 Å². The standard InChI is InChI=1S/C19H37N5O6/c1-10(2)14(17(27)22-13(9-25)19(29)30)24-18(28)15(11(3)4)23-16(26)12(21)7-5-6-8-20/h10-15,25H,5-9,20-21H2,1-4H3,(H,22,27)(H,23,26)(H,24,28)(H,29,30). The maximum Gasteiger partial charge on any atom is 0.328 e. The second kappa shape index (κ2) is 13.9. The highest BCUT2D eigenvalue weighted by atomic mass is 16.4.